The van der Waals surface area contributed by atoms with Gasteiger partial charge in [0.25, 0.3) is 5.91 Å². The van der Waals surface area contributed by atoms with Gasteiger partial charge in [-0.2, -0.15) is 0 Å². The van der Waals surface area contributed by atoms with E-state index in [1.54, 1.807) is 13.1 Å². The van der Waals surface area contributed by atoms with E-state index in [-0.39, 0.29) is 5.91 Å². The van der Waals surface area contributed by atoms with Crippen LogP contribution in [0.1, 0.15) is 16.1 Å². The third kappa shape index (κ3) is 3.21. The van der Waals surface area contributed by atoms with Crippen LogP contribution in [0.25, 0.3) is 22.4 Å². The first-order valence-corrected chi connectivity index (χ1v) is 7.74. The number of carbonyl (C=O) groups is 1. The number of amides is 1. The zero-order valence-electron chi connectivity index (χ0n) is 13.2. The monoisotopic (exact) mass is 340 g/mol. The summed E-state index contributed by atoms with van der Waals surface area (Å²) in [6.45, 7) is 1.86. The highest BCUT2D eigenvalue weighted by molar-refractivity contribution is 7.80. The molecule has 1 aromatic carbocycles. The highest BCUT2D eigenvalue weighted by Gasteiger charge is 2.15. The largest absolute Gasteiger partial charge is 0.460 e. The minimum absolute atomic E-state index is 0.310. The zero-order valence-corrected chi connectivity index (χ0v) is 14.0. The van der Waals surface area contributed by atoms with E-state index in [0.29, 0.717) is 27.6 Å². The molecule has 0 bridgehead atoms. The van der Waals surface area contributed by atoms with Crippen molar-refractivity contribution in [2.75, 3.05) is 7.05 Å². The van der Waals surface area contributed by atoms with Gasteiger partial charge >= 0.3 is 0 Å². The Morgan fingerprint density at radius 2 is 1.96 bits per heavy atom. The molecule has 24 heavy (non-hydrogen) atoms. The predicted molar refractivity (Wildman–Crippen MR) is 96.4 cm³/mol. The molecule has 1 amide bonds. The number of pyridine rings is 1. The number of hydrogen-bond donors (Lipinski definition) is 3. The van der Waals surface area contributed by atoms with Gasteiger partial charge in [0.15, 0.2) is 10.9 Å². The van der Waals surface area contributed by atoms with Gasteiger partial charge in [-0.1, -0.05) is 18.2 Å². The molecular weight excluding hydrogens is 324 g/mol. The Morgan fingerprint density at radius 1 is 1.17 bits per heavy atom. The molecule has 0 atom stereocenters. The van der Waals surface area contributed by atoms with Gasteiger partial charge in [0, 0.05) is 12.4 Å². The maximum Gasteiger partial charge on any atom is 0.270 e. The number of nitrogens with zero attached hydrogens (tertiary/aromatic N) is 1. The van der Waals surface area contributed by atoms with Crippen LogP contribution in [0.4, 0.5) is 0 Å². The molecule has 2 heterocycles. The lowest BCUT2D eigenvalue weighted by Gasteiger charge is -2.11. The lowest BCUT2D eigenvalue weighted by atomic mass is 10.1. The molecule has 7 heteroatoms. The van der Waals surface area contributed by atoms with E-state index in [1.165, 1.54) is 0 Å². The van der Waals surface area contributed by atoms with Crippen molar-refractivity contribution >= 4 is 34.1 Å². The van der Waals surface area contributed by atoms with Gasteiger partial charge < -0.3 is 9.73 Å². The van der Waals surface area contributed by atoms with Crippen molar-refractivity contribution < 1.29 is 9.21 Å². The van der Waals surface area contributed by atoms with Crippen molar-refractivity contribution in [1.82, 2.24) is 21.2 Å². The van der Waals surface area contributed by atoms with E-state index >= 15 is 0 Å². The quantitative estimate of drug-likeness (QED) is 0.491. The van der Waals surface area contributed by atoms with Gasteiger partial charge in [0.2, 0.25) is 0 Å². The summed E-state index contributed by atoms with van der Waals surface area (Å²) in [6, 6.07) is 12.9. The molecule has 0 spiro atoms. The van der Waals surface area contributed by atoms with Crippen LogP contribution >= 0.6 is 12.2 Å². The van der Waals surface area contributed by atoms with Gasteiger partial charge in [-0.05, 0) is 43.4 Å². The topological polar surface area (TPSA) is 79.2 Å². The average molecular weight is 340 g/mol. The molecule has 3 aromatic rings. The molecule has 0 aliphatic rings. The van der Waals surface area contributed by atoms with Gasteiger partial charge in [-0.25, -0.2) is 4.98 Å². The average Bonchev–Trinajstić information content (AvgIpc) is 3.04. The smallest absolute Gasteiger partial charge is 0.270 e. The highest BCUT2D eigenvalue weighted by Crippen LogP contribution is 2.26. The van der Waals surface area contributed by atoms with Crippen LogP contribution in [0.5, 0.6) is 0 Å². The second-order valence-electron chi connectivity index (χ2n) is 5.14. The summed E-state index contributed by atoms with van der Waals surface area (Å²) in [5.74, 6) is 1.09. The lowest BCUT2D eigenvalue weighted by molar-refractivity contribution is 0.0945. The molecule has 0 radical (unpaired) electrons. The van der Waals surface area contributed by atoms with Crippen molar-refractivity contribution in [3.8, 4) is 11.5 Å². The maximum atomic E-state index is 12.5. The van der Waals surface area contributed by atoms with Crippen molar-refractivity contribution in [2.45, 2.75) is 6.92 Å². The van der Waals surface area contributed by atoms with Crippen LogP contribution in [0, 0.1) is 6.92 Å². The minimum Gasteiger partial charge on any atom is -0.460 e. The number of thiocarbonyl (C=S) groups is 1. The molecule has 0 saturated carbocycles. The molecule has 6 nitrogen and oxygen atoms in total. The summed E-state index contributed by atoms with van der Waals surface area (Å²) in [5, 5.41) is 3.80. The van der Waals surface area contributed by atoms with Crippen molar-refractivity contribution in [3.63, 3.8) is 0 Å². The number of fused-ring (bicyclic) bond motifs is 1. The van der Waals surface area contributed by atoms with E-state index in [0.717, 1.165) is 11.1 Å². The number of hydrogen-bond acceptors (Lipinski definition) is 4. The van der Waals surface area contributed by atoms with Crippen molar-refractivity contribution in [1.29, 1.82) is 0 Å². The number of benzene rings is 1. The van der Waals surface area contributed by atoms with E-state index in [1.807, 2.05) is 43.3 Å². The number of nitrogens with one attached hydrogen (secondary N) is 3. The molecule has 0 saturated heterocycles. The number of hydrazine groups is 1. The van der Waals surface area contributed by atoms with Crippen LogP contribution in [-0.4, -0.2) is 23.1 Å². The number of carbonyl (C=O) groups excluding carboxylic acids is 1. The van der Waals surface area contributed by atoms with Gasteiger partial charge in [0.1, 0.15) is 11.5 Å². The van der Waals surface area contributed by atoms with Gasteiger partial charge in [0.05, 0.1) is 11.1 Å². The Hall–Kier alpha value is -2.93. The fourth-order valence-electron chi connectivity index (χ4n) is 2.31. The van der Waals surface area contributed by atoms with Crippen LogP contribution < -0.4 is 16.2 Å². The number of aromatic nitrogens is 1. The second-order valence-corrected chi connectivity index (χ2v) is 5.55. The summed E-state index contributed by atoms with van der Waals surface area (Å²) in [5.41, 5.74) is 7.01. The normalized spacial score (nSPS) is 10.4. The van der Waals surface area contributed by atoms with E-state index in [4.69, 9.17) is 16.6 Å². The van der Waals surface area contributed by atoms with Crippen LogP contribution in [0.3, 0.4) is 0 Å². The van der Waals surface area contributed by atoms with Crippen molar-refractivity contribution in [2.24, 2.45) is 0 Å². The maximum absolute atomic E-state index is 12.5. The fraction of sp³-hybridized carbons (Fsp3) is 0.118. The zero-order chi connectivity index (χ0) is 17.1. The summed E-state index contributed by atoms with van der Waals surface area (Å²) in [7, 11) is 1.67. The number of furan rings is 1. The molecule has 0 unspecified atom stereocenters. The first kappa shape index (κ1) is 15.9. The molecular formula is C17H16N4O2S. The molecule has 2 aromatic heterocycles. The Bertz CT molecular complexity index is 920. The summed E-state index contributed by atoms with van der Waals surface area (Å²) < 4.78 is 5.63. The second kappa shape index (κ2) is 6.67. The standard InChI is InChI=1S/C17H16N4O2S/c1-10-7-8-15(23-10)14-9-12(16(22)20-21-17(24)18-2)11-5-3-4-6-13(11)19-14/h3-9H,1-2H3,(H,20,22)(H2,18,21,24). The summed E-state index contributed by atoms with van der Waals surface area (Å²) in [4.78, 5) is 17.1. The molecule has 0 aliphatic heterocycles. The number of aryl methyl sites for hydroxylation is 1. The molecule has 0 fully saturated rings. The van der Waals surface area contributed by atoms with E-state index < -0.39 is 0 Å². The summed E-state index contributed by atoms with van der Waals surface area (Å²) >= 11 is 4.96. The number of rotatable bonds is 2. The third-order valence-electron chi connectivity index (χ3n) is 3.47. The van der Waals surface area contributed by atoms with Gasteiger partial charge in [-0.3, -0.25) is 15.6 Å². The highest BCUT2D eigenvalue weighted by atomic mass is 32.1. The molecule has 0 aliphatic carbocycles. The predicted octanol–water partition coefficient (Wildman–Crippen LogP) is 2.54. The number of para-hydroxylation sites is 1. The van der Waals surface area contributed by atoms with Crippen LogP contribution in [0.2, 0.25) is 0 Å². The lowest BCUT2D eigenvalue weighted by Crippen LogP contribution is -2.45. The summed E-state index contributed by atoms with van der Waals surface area (Å²) in [6.07, 6.45) is 0. The molecule has 122 valence electrons. The third-order valence-corrected chi connectivity index (χ3v) is 3.78. The van der Waals surface area contributed by atoms with Crippen molar-refractivity contribution in [3.05, 3.63) is 53.8 Å². The van der Waals surface area contributed by atoms with Crippen LogP contribution in [0.15, 0.2) is 46.9 Å². The Labute approximate surface area is 144 Å². The fourth-order valence-corrected chi connectivity index (χ4v) is 2.36. The van der Waals surface area contributed by atoms with Crippen LogP contribution in [-0.2, 0) is 0 Å². The SMILES string of the molecule is CNC(=S)NNC(=O)c1cc(-c2ccc(C)o2)nc2ccccc12. The first-order chi connectivity index (χ1) is 11.6. The Balaban J connectivity index is 2.04. The van der Waals surface area contributed by atoms with E-state index in [2.05, 4.69) is 21.2 Å². The molecule has 3 rings (SSSR count). The Morgan fingerprint density at radius 3 is 2.67 bits per heavy atom. The first-order valence-electron chi connectivity index (χ1n) is 7.33. The van der Waals surface area contributed by atoms with Gasteiger partial charge in [-0.15, -0.1) is 0 Å². The molecule has 3 N–H and O–H groups in total. The Kier molecular flexibility index (Phi) is 4.43. The minimum atomic E-state index is -0.310. The van der Waals surface area contributed by atoms with E-state index in [9.17, 15) is 4.79 Å².